The minimum absolute atomic E-state index is 0.0943. The zero-order valence-electron chi connectivity index (χ0n) is 17.7. The summed E-state index contributed by atoms with van der Waals surface area (Å²) < 4.78 is 11.1. The summed E-state index contributed by atoms with van der Waals surface area (Å²) in [7, 11) is 0. The predicted molar refractivity (Wildman–Crippen MR) is 120 cm³/mol. The number of amides is 1. The molecular formula is C26H25NO5. The number of benzene rings is 3. The number of fused-ring (bicyclic) bond motifs is 3. The Labute approximate surface area is 186 Å². The van der Waals surface area contributed by atoms with Crippen LogP contribution in [0.1, 0.15) is 29.5 Å². The van der Waals surface area contributed by atoms with E-state index in [0.29, 0.717) is 0 Å². The van der Waals surface area contributed by atoms with E-state index in [9.17, 15) is 14.7 Å². The molecular weight excluding hydrogens is 406 g/mol. The monoisotopic (exact) mass is 431 g/mol. The van der Waals surface area contributed by atoms with Crippen LogP contribution in [0.15, 0.2) is 78.9 Å². The summed E-state index contributed by atoms with van der Waals surface area (Å²) in [4.78, 5) is 24.2. The lowest BCUT2D eigenvalue weighted by molar-refractivity contribution is -0.143. The maximum atomic E-state index is 12.5. The molecule has 3 aromatic carbocycles. The molecule has 3 aromatic rings. The lowest BCUT2D eigenvalue weighted by atomic mass is 9.98. The minimum atomic E-state index is -1.23. The quantitative estimate of drug-likeness (QED) is 0.545. The summed E-state index contributed by atoms with van der Waals surface area (Å²) >= 11 is 0. The molecule has 1 aliphatic rings. The molecule has 4 rings (SSSR count). The molecule has 0 spiro atoms. The molecule has 6 nitrogen and oxygen atoms in total. The second-order valence-corrected chi connectivity index (χ2v) is 7.79. The summed E-state index contributed by atoms with van der Waals surface area (Å²) in [5.41, 5.74) is 5.36. The first-order valence-electron chi connectivity index (χ1n) is 10.5. The second-order valence-electron chi connectivity index (χ2n) is 7.79. The van der Waals surface area contributed by atoms with Crippen molar-refractivity contribution in [3.8, 4) is 11.1 Å². The molecule has 1 aliphatic carbocycles. The van der Waals surface area contributed by atoms with Crippen LogP contribution in [0.5, 0.6) is 0 Å². The van der Waals surface area contributed by atoms with Crippen LogP contribution < -0.4 is 5.32 Å². The third kappa shape index (κ3) is 4.65. The minimum Gasteiger partial charge on any atom is -0.480 e. The number of carboxylic acids is 1. The van der Waals surface area contributed by atoms with Gasteiger partial charge in [0.15, 0.2) is 6.04 Å². The van der Waals surface area contributed by atoms with Gasteiger partial charge in [0.1, 0.15) is 6.61 Å². The standard InChI is InChI=1S/C26H25NO5/c1-17(31-15-18-9-3-2-4-10-18)24(25(28)29)27-26(30)32-16-23-21-13-7-5-11-19(21)20-12-6-8-14-22(20)23/h2-14,17,23-24H,15-16H2,1H3,(H,27,30)(H,28,29)/t17-,24-/m1/s1. The smallest absolute Gasteiger partial charge is 0.407 e. The Balaban J connectivity index is 1.37. The highest BCUT2D eigenvalue weighted by atomic mass is 16.6. The average molecular weight is 431 g/mol. The number of rotatable bonds is 8. The van der Waals surface area contributed by atoms with Gasteiger partial charge in [-0.25, -0.2) is 9.59 Å². The molecule has 0 radical (unpaired) electrons. The maximum absolute atomic E-state index is 12.5. The highest BCUT2D eigenvalue weighted by molar-refractivity contribution is 5.81. The van der Waals surface area contributed by atoms with Gasteiger partial charge in [0.05, 0.1) is 12.7 Å². The summed E-state index contributed by atoms with van der Waals surface area (Å²) in [5, 5.41) is 12.0. The van der Waals surface area contributed by atoms with Gasteiger partial charge in [0.25, 0.3) is 0 Å². The molecule has 0 saturated carbocycles. The molecule has 0 aromatic heterocycles. The van der Waals surface area contributed by atoms with E-state index in [-0.39, 0.29) is 19.1 Å². The second kappa shape index (κ2) is 9.66. The lowest BCUT2D eigenvalue weighted by Gasteiger charge is -2.22. The third-order valence-electron chi connectivity index (χ3n) is 5.71. The van der Waals surface area contributed by atoms with E-state index in [4.69, 9.17) is 9.47 Å². The first kappa shape index (κ1) is 21.6. The van der Waals surface area contributed by atoms with Crippen molar-refractivity contribution >= 4 is 12.1 Å². The van der Waals surface area contributed by atoms with Crippen LogP contribution in [-0.2, 0) is 20.9 Å². The van der Waals surface area contributed by atoms with Crippen molar-refractivity contribution in [1.82, 2.24) is 5.32 Å². The largest absolute Gasteiger partial charge is 0.480 e. The Morgan fingerprint density at radius 2 is 1.47 bits per heavy atom. The van der Waals surface area contributed by atoms with Crippen molar-refractivity contribution in [3.63, 3.8) is 0 Å². The number of aliphatic carboxylic acids is 1. The Kier molecular flexibility index (Phi) is 6.52. The Hall–Kier alpha value is -3.64. The van der Waals surface area contributed by atoms with Crippen LogP contribution in [0.25, 0.3) is 11.1 Å². The van der Waals surface area contributed by atoms with Gasteiger partial charge in [-0.1, -0.05) is 78.9 Å². The van der Waals surface area contributed by atoms with Crippen LogP contribution in [0.2, 0.25) is 0 Å². The molecule has 2 atom stereocenters. The van der Waals surface area contributed by atoms with Gasteiger partial charge < -0.3 is 19.9 Å². The van der Waals surface area contributed by atoms with Crippen molar-refractivity contribution < 1.29 is 24.2 Å². The van der Waals surface area contributed by atoms with Crippen molar-refractivity contribution in [3.05, 3.63) is 95.6 Å². The predicted octanol–water partition coefficient (Wildman–Crippen LogP) is 4.58. The molecule has 0 heterocycles. The number of nitrogens with one attached hydrogen (secondary N) is 1. The Morgan fingerprint density at radius 3 is 2.06 bits per heavy atom. The Bertz CT molecular complexity index is 1050. The SMILES string of the molecule is C[C@@H](OCc1ccccc1)[C@@H](NC(=O)OCC1c2ccccc2-c2ccccc21)C(=O)O. The van der Waals surface area contributed by atoms with E-state index >= 15 is 0 Å². The number of carbonyl (C=O) groups excluding carboxylic acids is 1. The van der Waals surface area contributed by atoms with E-state index in [1.54, 1.807) is 6.92 Å². The van der Waals surface area contributed by atoms with Crippen LogP contribution in [0, 0.1) is 0 Å². The summed E-state index contributed by atoms with van der Waals surface area (Å²) in [6, 6.07) is 24.3. The number of alkyl carbamates (subject to hydrolysis) is 1. The molecule has 1 amide bonds. The zero-order valence-corrected chi connectivity index (χ0v) is 17.7. The molecule has 32 heavy (non-hydrogen) atoms. The fraction of sp³-hybridized carbons (Fsp3) is 0.231. The molecule has 0 bridgehead atoms. The molecule has 0 aliphatic heterocycles. The van der Waals surface area contributed by atoms with Crippen molar-refractivity contribution in [2.24, 2.45) is 0 Å². The van der Waals surface area contributed by atoms with Crippen LogP contribution in [-0.4, -0.2) is 35.9 Å². The van der Waals surface area contributed by atoms with Crippen molar-refractivity contribution in [1.29, 1.82) is 0 Å². The van der Waals surface area contributed by atoms with Gasteiger partial charge in [0.2, 0.25) is 0 Å². The lowest BCUT2D eigenvalue weighted by Crippen LogP contribution is -2.48. The number of hydrogen-bond donors (Lipinski definition) is 2. The van der Waals surface area contributed by atoms with E-state index in [0.717, 1.165) is 27.8 Å². The van der Waals surface area contributed by atoms with Crippen LogP contribution in [0.4, 0.5) is 4.79 Å². The van der Waals surface area contributed by atoms with Gasteiger partial charge in [0, 0.05) is 5.92 Å². The number of carbonyl (C=O) groups is 2. The first-order chi connectivity index (χ1) is 15.5. The fourth-order valence-corrected chi connectivity index (χ4v) is 4.05. The Morgan fingerprint density at radius 1 is 0.906 bits per heavy atom. The van der Waals surface area contributed by atoms with E-state index in [2.05, 4.69) is 17.4 Å². The highest BCUT2D eigenvalue weighted by Crippen LogP contribution is 2.44. The molecule has 0 unspecified atom stereocenters. The normalized spacial score (nSPS) is 14.2. The molecule has 164 valence electrons. The summed E-state index contributed by atoms with van der Waals surface area (Å²) in [6.07, 6.45) is -1.53. The molecule has 2 N–H and O–H groups in total. The van der Waals surface area contributed by atoms with E-state index < -0.39 is 24.2 Å². The van der Waals surface area contributed by atoms with Gasteiger partial charge in [-0.05, 0) is 34.7 Å². The van der Waals surface area contributed by atoms with Crippen molar-refractivity contribution in [2.75, 3.05) is 6.61 Å². The third-order valence-corrected chi connectivity index (χ3v) is 5.71. The molecule has 0 fully saturated rings. The molecule has 0 saturated heterocycles. The van der Waals surface area contributed by atoms with Gasteiger partial charge in [-0.3, -0.25) is 0 Å². The average Bonchev–Trinajstić information content (AvgIpc) is 3.14. The number of hydrogen-bond acceptors (Lipinski definition) is 4. The van der Waals surface area contributed by atoms with Crippen molar-refractivity contribution in [2.45, 2.75) is 31.6 Å². The summed E-state index contributed by atoms with van der Waals surface area (Å²) in [5.74, 6) is -1.28. The zero-order chi connectivity index (χ0) is 22.5. The number of carboxylic acid groups (broad SMARTS) is 1. The van der Waals surface area contributed by atoms with Crippen LogP contribution in [0.3, 0.4) is 0 Å². The maximum Gasteiger partial charge on any atom is 0.407 e. The highest BCUT2D eigenvalue weighted by Gasteiger charge is 2.31. The van der Waals surface area contributed by atoms with Gasteiger partial charge >= 0.3 is 12.1 Å². The van der Waals surface area contributed by atoms with Gasteiger partial charge in [-0.15, -0.1) is 0 Å². The fourth-order valence-electron chi connectivity index (χ4n) is 4.05. The van der Waals surface area contributed by atoms with Gasteiger partial charge in [-0.2, -0.15) is 0 Å². The topological polar surface area (TPSA) is 84.9 Å². The van der Waals surface area contributed by atoms with E-state index in [1.165, 1.54) is 0 Å². The van der Waals surface area contributed by atoms with E-state index in [1.807, 2.05) is 66.7 Å². The van der Waals surface area contributed by atoms with Crippen LogP contribution >= 0.6 is 0 Å². The molecule has 6 heteroatoms. The first-order valence-corrected chi connectivity index (χ1v) is 10.5. The number of ether oxygens (including phenoxy) is 2. The summed E-state index contributed by atoms with van der Waals surface area (Å²) in [6.45, 7) is 1.98.